The van der Waals surface area contributed by atoms with E-state index in [0.717, 1.165) is 11.3 Å². The van der Waals surface area contributed by atoms with E-state index >= 15 is 0 Å². The van der Waals surface area contributed by atoms with Gasteiger partial charge in [0.15, 0.2) is 11.5 Å². The van der Waals surface area contributed by atoms with E-state index in [2.05, 4.69) is 14.8 Å². The lowest BCUT2D eigenvalue weighted by atomic mass is 10.2. The molecule has 0 aliphatic heterocycles. The third-order valence-corrected chi connectivity index (χ3v) is 3.82. The summed E-state index contributed by atoms with van der Waals surface area (Å²) < 4.78 is 38.5. The van der Waals surface area contributed by atoms with Crippen molar-refractivity contribution >= 4 is 28.9 Å². The summed E-state index contributed by atoms with van der Waals surface area (Å²) in [5, 5.41) is 4.19. The molecule has 2 aromatic rings. The smallest absolute Gasteiger partial charge is 0.387 e. The van der Waals surface area contributed by atoms with E-state index in [-0.39, 0.29) is 21.9 Å². The van der Waals surface area contributed by atoms with E-state index in [4.69, 9.17) is 4.74 Å². The standard InChI is InChI=1S/C15H13F2NO5S/c1-21-11-7-8(3-4-10(11)23-15(16)17)13(19)18-9-5-6-24-12(9)14(20)22-2/h3-7,15H,1-2H3,(H,18,19). The van der Waals surface area contributed by atoms with Gasteiger partial charge in [-0.05, 0) is 29.6 Å². The number of amides is 1. The van der Waals surface area contributed by atoms with Crippen molar-refractivity contribution in [2.45, 2.75) is 6.61 Å². The van der Waals surface area contributed by atoms with Crippen LogP contribution in [-0.4, -0.2) is 32.7 Å². The molecule has 2 rings (SSSR count). The van der Waals surface area contributed by atoms with E-state index in [9.17, 15) is 18.4 Å². The second-order valence-corrected chi connectivity index (χ2v) is 5.27. The number of alkyl halides is 2. The van der Waals surface area contributed by atoms with Gasteiger partial charge in [0.25, 0.3) is 5.91 Å². The maximum Gasteiger partial charge on any atom is 0.387 e. The lowest BCUT2D eigenvalue weighted by Gasteiger charge is -2.11. The minimum absolute atomic E-state index is 0.0125. The first-order valence-electron chi connectivity index (χ1n) is 6.56. The summed E-state index contributed by atoms with van der Waals surface area (Å²) in [6.07, 6.45) is 0. The number of hydrogen-bond acceptors (Lipinski definition) is 6. The second kappa shape index (κ2) is 7.73. The Bertz CT molecular complexity index is 747. The summed E-state index contributed by atoms with van der Waals surface area (Å²) in [7, 11) is 2.50. The van der Waals surface area contributed by atoms with Gasteiger partial charge >= 0.3 is 12.6 Å². The van der Waals surface area contributed by atoms with Crippen molar-refractivity contribution in [3.8, 4) is 11.5 Å². The molecule has 0 saturated carbocycles. The zero-order chi connectivity index (χ0) is 17.7. The van der Waals surface area contributed by atoms with E-state index in [1.165, 1.54) is 32.4 Å². The number of rotatable bonds is 6. The van der Waals surface area contributed by atoms with Crippen LogP contribution in [-0.2, 0) is 4.74 Å². The number of nitrogens with one attached hydrogen (secondary N) is 1. The summed E-state index contributed by atoms with van der Waals surface area (Å²) in [5.41, 5.74) is 0.444. The molecule has 9 heteroatoms. The third kappa shape index (κ3) is 3.99. The Morgan fingerprint density at radius 2 is 1.92 bits per heavy atom. The lowest BCUT2D eigenvalue weighted by molar-refractivity contribution is -0.0512. The van der Waals surface area contributed by atoms with Gasteiger partial charge in [-0.15, -0.1) is 11.3 Å². The van der Waals surface area contributed by atoms with Gasteiger partial charge in [0.2, 0.25) is 0 Å². The Morgan fingerprint density at radius 1 is 1.17 bits per heavy atom. The first kappa shape index (κ1) is 17.7. The van der Waals surface area contributed by atoms with Crippen LogP contribution in [0, 0.1) is 0 Å². The summed E-state index contributed by atoms with van der Waals surface area (Å²) >= 11 is 1.12. The topological polar surface area (TPSA) is 73.9 Å². The molecular weight excluding hydrogens is 344 g/mol. The SMILES string of the molecule is COC(=O)c1sccc1NC(=O)c1ccc(OC(F)F)c(OC)c1. The first-order chi connectivity index (χ1) is 11.5. The normalized spacial score (nSPS) is 10.4. The number of benzene rings is 1. The van der Waals surface area contributed by atoms with Gasteiger partial charge in [0, 0.05) is 5.56 Å². The molecule has 0 aliphatic rings. The van der Waals surface area contributed by atoms with Crippen LogP contribution in [0.4, 0.5) is 14.5 Å². The molecule has 1 aromatic carbocycles. The molecule has 0 bridgehead atoms. The van der Waals surface area contributed by atoms with Crippen molar-refractivity contribution in [1.82, 2.24) is 0 Å². The van der Waals surface area contributed by atoms with Crippen molar-refractivity contribution in [1.29, 1.82) is 0 Å². The van der Waals surface area contributed by atoms with E-state index in [1.54, 1.807) is 11.4 Å². The van der Waals surface area contributed by atoms with Gasteiger partial charge < -0.3 is 19.5 Å². The Morgan fingerprint density at radius 3 is 2.54 bits per heavy atom. The lowest BCUT2D eigenvalue weighted by Crippen LogP contribution is -2.14. The molecule has 0 spiro atoms. The molecule has 0 aliphatic carbocycles. The number of carbonyl (C=O) groups excluding carboxylic acids is 2. The maximum absolute atomic E-state index is 12.3. The number of carbonyl (C=O) groups is 2. The van der Waals surface area contributed by atoms with Crippen molar-refractivity contribution in [3.05, 3.63) is 40.1 Å². The number of esters is 1. The van der Waals surface area contributed by atoms with Crippen LogP contribution < -0.4 is 14.8 Å². The van der Waals surface area contributed by atoms with Crippen LogP contribution in [0.2, 0.25) is 0 Å². The predicted molar refractivity (Wildman–Crippen MR) is 83.2 cm³/mol. The summed E-state index contributed by atoms with van der Waals surface area (Å²) in [6.45, 7) is -3.01. The summed E-state index contributed by atoms with van der Waals surface area (Å²) in [4.78, 5) is 24.1. The monoisotopic (exact) mass is 357 g/mol. The Balaban J connectivity index is 2.21. The number of thiophene rings is 1. The predicted octanol–water partition coefficient (Wildman–Crippen LogP) is 3.40. The molecule has 0 fully saturated rings. The molecule has 0 unspecified atom stereocenters. The quantitative estimate of drug-likeness (QED) is 0.802. The van der Waals surface area contributed by atoms with Gasteiger partial charge in [0.1, 0.15) is 4.88 Å². The molecule has 24 heavy (non-hydrogen) atoms. The van der Waals surface area contributed by atoms with Crippen LogP contribution in [0.1, 0.15) is 20.0 Å². The summed E-state index contributed by atoms with van der Waals surface area (Å²) in [5.74, 6) is -1.31. The number of ether oxygens (including phenoxy) is 3. The third-order valence-electron chi connectivity index (χ3n) is 2.93. The number of hydrogen-bond donors (Lipinski definition) is 1. The highest BCUT2D eigenvalue weighted by molar-refractivity contribution is 7.12. The average molecular weight is 357 g/mol. The Kier molecular flexibility index (Phi) is 5.69. The molecule has 1 heterocycles. The van der Waals surface area contributed by atoms with Gasteiger partial charge in [-0.1, -0.05) is 0 Å². The molecule has 0 atom stereocenters. The van der Waals surface area contributed by atoms with Crippen molar-refractivity contribution in [2.75, 3.05) is 19.5 Å². The van der Waals surface area contributed by atoms with Crippen molar-refractivity contribution in [3.63, 3.8) is 0 Å². The van der Waals surface area contributed by atoms with Crippen LogP contribution in [0.15, 0.2) is 29.6 Å². The van der Waals surface area contributed by atoms with Crippen LogP contribution in [0.3, 0.4) is 0 Å². The molecule has 0 radical (unpaired) electrons. The van der Waals surface area contributed by atoms with Gasteiger partial charge in [-0.3, -0.25) is 4.79 Å². The van der Waals surface area contributed by atoms with Gasteiger partial charge in [-0.2, -0.15) is 8.78 Å². The summed E-state index contributed by atoms with van der Waals surface area (Å²) in [6, 6.07) is 5.33. The highest BCUT2D eigenvalue weighted by Gasteiger charge is 2.18. The van der Waals surface area contributed by atoms with Crippen molar-refractivity contribution in [2.24, 2.45) is 0 Å². The van der Waals surface area contributed by atoms with Crippen LogP contribution >= 0.6 is 11.3 Å². The first-order valence-corrected chi connectivity index (χ1v) is 7.44. The molecule has 1 N–H and O–H groups in total. The fraction of sp³-hybridized carbons (Fsp3) is 0.200. The highest BCUT2D eigenvalue weighted by Crippen LogP contribution is 2.30. The number of anilines is 1. The average Bonchev–Trinajstić information content (AvgIpc) is 3.02. The highest BCUT2D eigenvalue weighted by atomic mass is 32.1. The van der Waals surface area contributed by atoms with Crippen molar-refractivity contribution < 1.29 is 32.6 Å². The number of methoxy groups -OCH3 is 2. The number of halogens is 2. The minimum atomic E-state index is -3.01. The largest absolute Gasteiger partial charge is 0.493 e. The zero-order valence-corrected chi connectivity index (χ0v) is 13.5. The zero-order valence-electron chi connectivity index (χ0n) is 12.7. The van der Waals surface area contributed by atoms with E-state index < -0.39 is 18.5 Å². The van der Waals surface area contributed by atoms with Crippen LogP contribution in [0.5, 0.6) is 11.5 Å². The second-order valence-electron chi connectivity index (χ2n) is 4.35. The molecule has 1 amide bonds. The fourth-order valence-electron chi connectivity index (χ4n) is 1.86. The van der Waals surface area contributed by atoms with E-state index in [1.807, 2.05) is 0 Å². The molecule has 128 valence electrons. The van der Waals surface area contributed by atoms with Crippen LogP contribution in [0.25, 0.3) is 0 Å². The molecule has 6 nitrogen and oxygen atoms in total. The maximum atomic E-state index is 12.3. The fourth-order valence-corrected chi connectivity index (χ4v) is 2.62. The minimum Gasteiger partial charge on any atom is -0.493 e. The van der Waals surface area contributed by atoms with E-state index in [0.29, 0.717) is 5.69 Å². The Hall–Kier alpha value is -2.68. The molecular formula is C15H13F2NO5S. The molecule has 1 aromatic heterocycles. The Labute approximate surface area is 139 Å². The van der Waals surface area contributed by atoms with Gasteiger partial charge in [-0.25, -0.2) is 4.79 Å². The molecule has 0 saturated heterocycles. The van der Waals surface area contributed by atoms with Gasteiger partial charge in [0.05, 0.1) is 19.9 Å².